The van der Waals surface area contributed by atoms with Crippen molar-refractivity contribution in [3.63, 3.8) is 0 Å². The standard InChI is InChI=1S/C11H24O4S.K.H/c1-3-4-5-8-11(15-2)9-6-7-10-16(12,13)14;;/h11H,3-10H2,1-2H3,(H,12,13,14);;. The third-order valence-electron chi connectivity index (χ3n) is 2.64. The molecule has 0 fully saturated rings. The van der Waals surface area contributed by atoms with E-state index < -0.39 is 10.1 Å². The van der Waals surface area contributed by atoms with Crippen molar-refractivity contribution in [2.75, 3.05) is 12.9 Å². The molecule has 0 spiro atoms. The van der Waals surface area contributed by atoms with Crippen LogP contribution in [-0.2, 0) is 14.9 Å². The summed E-state index contributed by atoms with van der Waals surface area (Å²) in [6.07, 6.45) is 6.99. The number of methoxy groups -OCH3 is 1. The summed E-state index contributed by atoms with van der Waals surface area (Å²) in [6.45, 7) is 2.16. The fraction of sp³-hybridized carbons (Fsp3) is 1.00. The van der Waals surface area contributed by atoms with Gasteiger partial charge in [-0.3, -0.25) is 4.55 Å². The van der Waals surface area contributed by atoms with Crippen LogP contribution in [0.3, 0.4) is 0 Å². The summed E-state index contributed by atoms with van der Waals surface area (Å²) >= 11 is 0. The maximum absolute atomic E-state index is 10.5. The Labute approximate surface area is 148 Å². The molecule has 1 unspecified atom stereocenters. The average molecular weight is 292 g/mol. The van der Waals surface area contributed by atoms with Gasteiger partial charge in [-0.15, -0.1) is 0 Å². The number of unbranched alkanes of at least 4 members (excludes halogenated alkanes) is 3. The molecule has 6 heteroatoms. The van der Waals surface area contributed by atoms with Crippen LogP contribution >= 0.6 is 0 Å². The van der Waals surface area contributed by atoms with Crippen LogP contribution in [-0.4, -0.2) is 83.3 Å². The van der Waals surface area contributed by atoms with Crippen LogP contribution in [0.5, 0.6) is 0 Å². The summed E-state index contributed by atoms with van der Waals surface area (Å²) in [5.74, 6) is -0.140. The molecule has 17 heavy (non-hydrogen) atoms. The molecule has 0 heterocycles. The number of hydrogen-bond donors (Lipinski definition) is 1. The Balaban J connectivity index is 0. The van der Waals surface area contributed by atoms with Crippen LogP contribution < -0.4 is 0 Å². The summed E-state index contributed by atoms with van der Waals surface area (Å²) in [5.41, 5.74) is 0. The maximum atomic E-state index is 10.5. The molecule has 0 saturated heterocycles. The summed E-state index contributed by atoms with van der Waals surface area (Å²) in [7, 11) is -2.10. The average Bonchev–Trinajstić information content (AvgIpc) is 2.20. The van der Waals surface area contributed by atoms with Crippen molar-refractivity contribution in [3.8, 4) is 0 Å². The molecule has 1 N–H and O–H groups in total. The second-order valence-corrected chi connectivity index (χ2v) is 5.71. The minimum absolute atomic E-state index is 0. The molecule has 0 amide bonds. The number of ether oxygens (including phenoxy) is 1. The first-order valence-corrected chi connectivity index (χ1v) is 7.58. The fourth-order valence-electron chi connectivity index (χ4n) is 1.66. The Hall–Kier alpha value is 1.51. The molecule has 0 aromatic rings. The van der Waals surface area contributed by atoms with E-state index in [9.17, 15) is 8.42 Å². The zero-order valence-corrected chi connectivity index (χ0v) is 11.1. The van der Waals surface area contributed by atoms with Crippen molar-refractivity contribution in [2.24, 2.45) is 0 Å². The number of rotatable bonds is 10. The van der Waals surface area contributed by atoms with Gasteiger partial charge < -0.3 is 4.74 Å². The molecule has 4 nitrogen and oxygen atoms in total. The third-order valence-corrected chi connectivity index (χ3v) is 3.45. The van der Waals surface area contributed by atoms with Crippen molar-refractivity contribution >= 4 is 61.5 Å². The molecule has 100 valence electrons. The first-order chi connectivity index (χ1) is 7.49. The Bertz CT molecular complexity index is 254. The van der Waals surface area contributed by atoms with E-state index in [2.05, 4.69) is 6.92 Å². The minimum atomic E-state index is -3.79. The zero-order valence-electron chi connectivity index (χ0n) is 10.3. The molecule has 0 aromatic carbocycles. The van der Waals surface area contributed by atoms with Gasteiger partial charge >= 0.3 is 51.4 Å². The molecule has 0 rings (SSSR count). The van der Waals surface area contributed by atoms with Gasteiger partial charge in [0.1, 0.15) is 0 Å². The Kier molecular flexibility index (Phi) is 15.3. The summed E-state index contributed by atoms with van der Waals surface area (Å²) in [4.78, 5) is 0. The van der Waals surface area contributed by atoms with Gasteiger partial charge in [0.05, 0.1) is 11.9 Å². The van der Waals surface area contributed by atoms with E-state index >= 15 is 0 Å². The van der Waals surface area contributed by atoms with Gasteiger partial charge in [0.2, 0.25) is 0 Å². The molecule has 0 bridgehead atoms. The first-order valence-electron chi connectivity index (χ1n) is 5.97. The molecule has 0 saturated carbocycles. The Morgan fingerprint density at radius 1 is 1.12 bits per heavy atom. The molecule has 0 aliphatic rings. The van der Waals surface area contributed by atoms with E-state index in [4.69, 9.17) is 9.29 Å². The SMILES string of the molecule is CCCCCC(CCCCS(=O)(=O)O)OC.[KH]. The topological polar surface area (TPSA) is 63.6 Å². The van der Waals surface area contributed by atoms with E-state index in [1.807, 2.05) is 0 Å². The van der Waals surface area contributed by atoms with Gasteiger partial charge in [-0.1, -0.05) is 26.2 Å². The number of hydrogen-bond acceptors (Lipinski definition) is 3. The molecule has 0 aliphatic heterocycles. The van der Waals surface area contributed by atoms with E-state index in [-0.39, 0.29) is 63.2 Å². The van der Waals surface area contributed by atoms with Crippen LogP contribution in [0.25, 0.3) is 0 Å². The zero-order chi connectivity index (χ0) is 12.4. The van der Waals surface area contributed by atoms with E-state index in [0.717, 1.165) is 25.7 Å². The van der Waals surface area contributed by atoms with Crippen molar-refractivity contribution in [2.45, 2.75) is 58.0 Å². The van der Waals surface area contributed by atoms with Crippen LogP contribution in [0.2, 0.25) is 0 Å². The van der Waals surface area contributed by atoms with E-state index in [1.165, 1.54) is 12.8 Å². The molecular weight excluding hydrogens is 267 g/mol. The van der Waals surface area contributed by atoms with E-state index in [1.54, 1.807) is 7.11 Å². The van der Waals surface area contributed by atoms with Gasteiger partial charge in [0.15, 0.2) is 0 Å². The van der Waals surface area contributed by atoms with Crippen LogP contribution in [0, 0.1) is 0 Å². The van der Waals surface area contributed by atoms with Gasteiger partial charge in [-0.05, 0) is 25.7 Å². The predicted octanol–water partition coefficient (Wildman–Crippen LogP) is 1.99. The van der Waals surface area contributed by atoms with Crippen molar-refractivity contribution in [3.05, 3.63) is 0 Å². The molecular formula is C11H25KO4S. The Morgan fingerprint density at radius 3 is 2.06 bits per heavy atom. The second-order valence-electron chi connectivity index (χ2n) is 4.14. The molecule has 0 aliphatic carbocycles. The normalized spacial score (nSPS) is 13.1. The van der Waals surface area contributed by atoms with Gasteiger partial charge in [-0.25, -0.2) is 0 Å². The summed E-state index contributed by atoms with van der Waals surface area (Å²) < 4.78 is 34.8. The second kappa shape index (κ2) is 12.5. The van der Waals surface area contributed by atoms with Crippen LogP contribution in [0.4, 0.5) is 0 Å². The van der Waals surface area contributed by atoms with Gasteiger partial charge in [-0.2, -0.15) is 8.42 Å². The summed E-state index contributed by atoms with van der Waals surface area (Å²) in [5, 5.41) is 0. The van der Waals surface area contributed by atoms with Gasteiger partial charge in [0.25, 0.3) is 10.1 Å². The van der Waals surface area contributed by atoms with E-state index in [0.29, 0.717) is 6.42 Å². The monoisotopic (exact) mass is 292 g/mol. The molecule has 0 aromatic heterocycles. The van der Waals surface area contributed by atoms with Crippen molar-refractivity contribution in [1.82, 2.24) is 0 Å². The fourth-order valence-corrected chi connectivity index (χ4v) is 2.23. The predicted molar refractivity (Wildman–Crippen MR) is 72.4 cm³/mol. The van der Waals surface area contributed by atoms with Crippen LogP contribution in [0.15, 0.2) is 0 Å². The molecule has 1 atom stereocenters. The quantitative estimate of drug-likeness (QED) is 0.380. The van der Waals surface area contributed by atoms with Gasteiger partial charge in [0, 0.05) is 7.11 Å². The summed E-state index contributed by atoms with van der Waals surface area (Å²) in [6, 6.07) is 0. The van der Waals surface area contributed by atoms with Crippen molar-refractivity contribution in [1.29, 1.82) is 0 Å². The molecule has 0 radical (unpaired) electrons. The third kappa shape index (κ3) is 15.4. The van der Waals surface area contributed by atoms with Crippen LogP contribution in [0.1, 0.15) is 51.9 Å². The first kappa shape index (κ1) is 20.8. The van der Waals surface area contributed by atoms with Crippen molar-refractivity contribution < 1.29 is 17.7 Å². The Morgan fingerprint density at radius 2 is 1.65 bits per heavy atom.